The second-order valence-corrected chi connectivity index (χ2v) is 6.84. The molecular weight excluding hydrogens is 254 g/mol. The molecule has 5 heteroatoms. The standard InChI is InChI=1S/C15H21N3O2/c16-15-17-14(19)1-2-18(15)20-8-13-11-4-9-3-10(6-11)7-12(13)5-9/h1-2,9-13H,3-8H2,(H2,16,17,19). The van der Waals surface area contributed by atoms with E-state index in [0.717, 1.165) is 23.7 Å². The van der Waals surface area contributed by atoms with Crippen LogP contribution in [0, 0.1) is 29.6 Å². The zero-order chi connectivity index (χ0) is 13.7. The van der Waals surface area contributed by atoms with Crippen LogP contribution in [0.25, 0.3) is 0 Å². The molecule has 0 aliphatic heterocycles. The van der Waals surface area contributed by atoms with Crippen LogP contribution in [0.4, 0.5) is 5.95 Å². The Morgan fingerprint density at radius 3 is 2.45 bits per heavy atom. The molecule has 2 N–H and O–H groups in total. The lowest BCUT2D eigenvalue weighted by Gasteiger charge is -2.54. The second kappa shape index (κ2) is 4.50. The van der Waals surface area contributed by atoms with Crippen LogP contribution in [0.5, 0.6) is 0 Å². The van der Waals surface area contributed by atoms with E-state index in [1.165, 1.54) is 42.9 Å². The minimum atomic E-state index is -0.322. The molecule has 0 aromatic carbocycles. The predicted molar refractivity (Wildman–Crippen MR) is 74.9 cm³/mol. The first-order valence-electron chi connectivity index (χ1n) is 7.67. The summed E-state index contributed by atoms with van der Waals surface area (Å²) in [5.74, 6) is 4.42. The van der Waals surface area contributed by atoms with Gasteiger partial charge >= 0.3 is 0 Å². The van der Waals surface area contributed by atoms with Crippen LogP contribution < -0.4 is 16.1 Å². The fourth-order valence-corrected chi connectivity index (χ4v) is 4.99. The van der Waals surface area contributed by atoms with Crippen LogP contribution >= 0.6 is 0 Å². The van der Waals surface area contributed by atoms with Gasteiger partial charge in [-0.25, -0.2) is 0 Å². The van der Waals surface area contributed by atoms with E-state index in [1.54, 1.807) is 6.20 Å². The Bertz CT molecular complexity index is 540. The van der Waals surface area contributed by atoms with E-state index >= 15 is 0 Å². The highest BCUT2D eigenvalue weighted by atomic mass is 16.7. The largest absolute Gasteiger partial charge is 0.411 e. The SMILES string of the molecule is Nc1nc(=O)ccn1OCC1C2CC3CC(C2)CC1C3. The van der Waals surface area contributed by atoms with Crippen molar-refractivity contribution in [3.63, 3.8) is 0 Å². The molecule has 4 fully saturated rings. The van der Waals surface area contributed by atoms with Crippen molar-refractivity contribution in [1.82, 2.24) is 9.71 Å². The van der Waals surface area contributed by atoms with E-state index in [1.807, 2.05) is 0 Å². The van der Waals surface area contributed by atoms with Gasteiger partial charge in [0.1, 0.15) is 6.61 Å². The molecule has 108 valence electrons. The third kappa shape index (κ3) is 2.00. The fraction of sp³-hybridized carbons (Fsp3) is 0.733. The molecule has 0 spiro atoms. The number of nitrogens with zero attached hydrogens (tertiary/aromatic N) is 2. The van der Waals surface area contributed by atoms with E-state index < -0.39 is 0 Å². The summed E-state index contributed by atoms with van der Waals surface area (Å²) in [7, 11) is 0. The average molecular weight is 275 g/mol. The number of rotatable bonds is 3. The number of nitrogen functional groups attached to an aromatic ring is 1. The summed E-state index contributed by atoms with van der Waals surface area (Å²) in [4.78, 5) is 20.6. The Labute approximate surface area is 118 Å². The lowest BCUT2D eigenvalue weighted by atomic mass is 9.52. The predicted octanol–water partition coefficient (Wildman–Crippen LogP) is 1.33. The highest BCUT2D eigenvalue weighted by Crippen LogP contribution is 2.56. The molecule has 0 radical (unpaired) electrons. The summed E-state index contributed by atoms with van der Waals surface area (Å²) in [6.07, 6.45) is 8.59. The summed E-state index contributed by atoms with van der Waals surface area (Å²) in [6.45, 7) is 0.698. The lowest BCUT2D eigenvalue weighted by Crippen LogP contribution is -2.47. The molecule has 0 saturated heterocycles. The number of hydrogen-bond acceptors (Lipinski definition) is 4. The monoisotopic (exact) mass is 275 g/mol. The van der Waals surface area contributed by atoms with Gasteiger partial charge < -0.3 is 10.6 Å². The van der Waals surface area contributed by atoms with Gasteiger partial charge in [-0.15, -0.1) is 0 Å². The molecule has 1 heterocycles. The molecule has 0 atom stereocenters. The molecule has 1 aromatic rings. The van der Waals surface area contributed by atoms with Crippen LogP contribution in [0.2, 0.25) is 0 Å². The van der Waals surface area contributed by atoms with Gasteiger partial charge in [0.05, 0.1) is 6.20 Å². The summed E-state index contributed by atoms with van der Waals surface area (Å²) in [5, 5.41) is 0. The van der Waals surface area contributed by atoms with E-state index in [-0.39, 0.29) is 11.5 Å². The Morgan fingerprint density at radius 1 is 1.20 bits per heavy atom. The topological polar surface area (TPSA) is 70.1 Å². The van der Waals surface area contributed by atoms with Crippen LogP contribution in [-0.4, -0.2) is 16.3 Å². The van der Waals surface area contributed by atoms with Crippen LogP contribution in [0.1, 0.15) is 32.1 Å². The Hall–Kier alpha value is -1.52. The summed E-state index contributed by atoms with van der Waals surface area (Å²) < 4.78 is 1.44. The zero-order valence-electron chi connectivity index (χ0n) is 11.6. The van der Waals surface area contributed by atoms with Crippen molar-refractivity contribution < 1.29 is 4.84 Å². The first-order chi connectivity index (χ1) is 9.69. The van der Waals surface area contributed by atoms with Gasteiger partial charge in [-0.2, -0.15) is 9.71 Å². The van der Waals surface area contributed by atoms with E-state index in [2.05, 4.69) is 4.98 Å². The van der Waals surface area contributed by atoms with E-state index in [4.69, 9.17) is 10.6 Å². The maximum Gasteiger partial charge on any atom is 0.274 e. The molecule has 4 aliphatic rings. The summed E-state index contributed by atoms with van der Waals surface area (Å²) >= 11 is 0. The first kappa shape index (κ1) is 12.2. The second-order valence-electron chi connectivity index (χ2n) is 6.84. The van der Waals surface area contributed by atoms with Gasteiger partial charge in [0.25, 0.3) is 5.56 Å². The van der Waals surface area contributed by atoms with Gasteiger partial charge in [0.15, 0.2) is 0 Å². The van der Waals surface area contributed by atoms with Gasteiger partial charge in [0, 0.05) is 12.0 Å². The van der Waals surface area contributed by atoms with Crippen molar-refractivity contribution in [1.29, 1.82) is 0 Å². The van der Waals surface area contributed by atoms with Crippen molar-refractivity contribution in [2.45, 2.75) is 32.1 Å². The molecule has 0 amide bonds. The highest BCUT2D eigenvalue weighted by Gasteiger charge is 2.48. The molecule has 5 nitrogen and oxygen atoms in total. The molecular formula is C15H21N3O2. The van der Waals surface area contributed by atoms with Crippen LogP contribution in [0.3, 0.4) is 0 Å². The van der Waals surface area contributed by atoms with Crippen molar-refractivity contribution in [3.05, 3.63) is 22.6 Å². The third-order valence-corrected chi connectivity index (χ3v) is 5.63. The molecule has 0 unspecified atom stereocenters. The van der Waals surface area contributed by atoms with E-state index in [0.29, 0.717) is 12.5 Å². The molecule has 4 aliphatic carbocycles. The fourth-order valence-electron chi connectivity index (χ4n) is 4.99. The number of aromatic nitrogens is 2. The highest BCUT2D eigenvalue weighted by molar-refractivity contribution is 5.14. The summed E-state index contributed by atoms with van der Waals surface area (Å²) in [6, 6.07) is 1.38. The van der Waals surface area contributed by atoms with Crippen LogP contribution in [0.15, 0.2) is 17.1 Å². The van der Waals surface area contributed by atoms with E-state index in [9.17, 15) is 4.79 Å². The van der Waals surface area contributed by atoms with Crippen molar-refractivity contribution in [2.75, 3.05) is 12.3 Å². The van der Waals surface area contributed by atoms with Crippen molar-refractivity contribution in [2.24, 2.45) is 29.6 Å². The normalized spacial score (nSPS) is 38.1. The smallest absolute Gasteiger partial charge is 0.274 e. The summed E-state index contributed by atoms with van der Waals surface area (Å²) in [5.41, 5.74) is 5.39. The quantitative estimate of drug-likeness (QED) is 0.903. The van der Waals surface area contributed by atoms with Crippen molar-refractivity contribution in [3.8, 4) is 0 Å². The molecule has 4 bridgehead atoms. The Balaban J connectivity index is 1.46. The lowest BCUT2D eigenvalue weighted by molar-refractivity contribution is -0.0731. The Kier molecular flexibility index (Phi) is 2.75. The molecule has 4 saturated carbocycles. The van der Waals surface area contributed by atoms with Gasteiger partial charge in [-0.05, 0) is 55.8 Å². The molecule has 1 aromatic heterocycles. The van der Waals surface area contributed by atoms with Crippen LogP contribution in [-0.2, 0) is 0 Å². The third-order valence-electron chi connectivity index (χ3n) is 5.63. The first-order valence-corrected chi connectivity index (χ1v) is 7.67. The van der Waals surface area contributed by atoms with Gasteiger partial charge in [-0.1, -0.05) is 0 Å². The number of hydrogen-bond donors (Lipinski definition) is 1. The maximum atomic E-state index is 11.1. The average Bonchev–Trinajstić information content (AvgIpc) is 2.39. The number of anilines is 1. The Morgan fingerprint density at radius 2 is 1.85 bits per heavy atom. The molecule has 5 rings (SSSR count). The van der Waals surface area contributed by atoms with Crippen molar-refractivity contribution >= 4 is 5.95 Å². The minimum absolute atomic E-state index is 0.140. The number of nitrogens with two attached hydrogens (primary N) is 1. The van der Waals surface area contributed by atoms with Gasteiger partial charge in [-0.3, -0.25) is 4.79 Å². The molecule has 20 heavy (non-hydrogen) atoms. The maximum absolute atomic E-state index is 11.1. The van der Waals surface area contributed by atoms with Gasteiger partial charge in [0.2, 0.25) is 5.95 Å². The minimum Gasteiger partial charge on any atom is -0.411 e. The zero-order valence-corrected chi connectivity index (χ0v) is 11.6.